The molecule has 0 aliphatic heterocycles. The van der Waals surface area contributed by atoms with Gasteiger partial charge in [-0.25, -0.2) is 0 Å². The second-order valence-electron chi connectivity index (χ2n) is 4.12. The summed E-state index contributed by atoms with van der Waals surface area (Å²) < 4.78 is 5.19. The fraction of sp³-hybridized carbons (Fsp3) is 0.154. The largest absolute Gasteiger partial charge is 0.456 e. The highest BCUT2D eigenvalue weighted by atomic mass is 16.6. The number of nitrogens with zero attached hydrogens (tertiary/aromatic N) is 1. The topological polar surface area (TPSA) is 85.4 Å². The van der Waals surface area contributed by atoms with Crippen LogP contribution in [-0.4, -0.2) is 10.8 Å². The number of nitrogens with one attached hydrogen (secondary N) is 1. The lowest BCUT2D eigenvalue weighted by molar-refractivity contribution is -0.384. The smallest absolute Gasteiger partial charge is 0.291 e. The minimum atomic E-state index is -0.508. The van der Waals surface area contributed by atoms with Crippen LogP contribution in [0.15, 0.2) is 34.7 Å². The van der Waals surface area contributed by atoms with Gasteiger partial charge in [0.15, 0.2) is 5.76 Å². The third-order valence-electron chi connectivity index (χ3n) is 2.64. The molecule has 0 spiro atoms. The Morgan fingerprint density at radius 2 is 2.00 bits per heavy atom. The van der Waals surface area contributed by atoms with Crippen molar-refractivity contribution in [1.29, 1.82) is 0 Å². The van der Waals surface area contributed by atoms with Crippen molar-refractivity contribution in [2.75, 3.05) is 5.32 Å². The lowest BCUT2D eigenvalue weighted by atomic mass is 10.2. The van der Waals surface area contributed by atoms with E-state index in [1.165, 1.54) is 12.1 Å². The molecule has 0 unspecified atom stereocenters. The first-order chi connectivity index (χ1) is 8.97. The van der Waals surface area contributed by atoms with E-state index in [9.17, 15) is 14.9 Å². The summed E-state index contributed by atoms with van der Waals surface area (Å²) in [6.45, 7) is 3.49. The first-order valence-electron chi connectivity index (χ1n) is 5.60. The minimum Gasteiger partial charge on any atom is -0.456 e. The molecule has 6 nitrogen and oxygen atoms in total. The Morgan fingerprint density at radius 3 is 2.58 bits per heavy atom. The summed E-state index contributed by atoms with van der Waals surface area (Å²) in [5.74, 6) is 0.362. The molecule has 2 rings (SSSR count). The summed E-state index contributed by atoms with van der Waals surface area (Å²) in [7, 11) is 0. The van der Waals surface area contributed by atoms with E-state index in [0.29, 0.717) is 11.4 Å². The van der Waals surface area contributed by atoms with Gasteiger partial charge in [-0.2, -0.15) is 0 Å². The van der Waals surface area contributed by atoms with Gasteiger partial charge in [-0.1, -0.05) is 6.07 Å². The molecule has 0 fully saturated rings. The van der Waals surface area contributed by atoms with E-state index in [0.717, 1.165) is 5.56 Å². The van der Waals surface area contributed by atoms with Crippen molar-refractivity contribution in [3.8, 4) is 0 Å². The van der Waals surface area contributed by atoms with Gasteiger partial charge in [0, 0.05) is 12.1 Å². The summed E-state index contributed by atoms with van der Waals surface area (Å²) in [6.07, 6.45) is 0. The fourth-order valence-electron chi connectivity index (χ4n) is 1.60. The SMILES string of the molecule is Cc1ccc(C(=O)Nc2cc([N+](=O)[O-])ccc2C)o1. The number of carbonyl (C=O) groups excluding carboxylic acids is 1. The summed E-state index contributed by atoms with van der Waals surface area (Å²) in [4.78, 5) is 22.1. The molecule has 0 aliphatic rings. The van der Waals surface area contributed by atoms with Crippen molar-refractivity contribution in [3.05, 3.63) is 57.5 Å². The van der Waals surface area contributed by atoms with Gasteiger partial charge in [-0.05, 0) is 31.5 Å². The first kappa shape index (κ1) is 12.8. The second kappa shape index (κ2) is 4.93. The number of nitro groups is 1. The maximum absolute atomic E-state index is 11.9. The molecular weight excluding hydrogens is 248 g/mol. The Morgan fingerprint density at radius 1 is 1.26 bits per heavy atom. The molecule has 2 aromatic rings. The highest BCUT2D eigenvalue weighted by molar-refractivity contribution is 6.02. The summed E-state index contributed by atoms with van der Waals surface area (Å²) >= 11 is 0. The number of amides is 1. The molecule has 98 valence electrons. The van der Waals surface area contributed by atoms with Crippen LogP contribution in [0.3, 0.4) is 0 Å². The maximum Gasteiger partial charge on any atom is 0.291 e. The molecule has 0 radical (unpaired) electrons. The quantitative estimate of drug-likeness (QED) is 0.678. The first-order valence-corrected chi connectivity index (χ1v) is 5.60. The molecule has 1 aromatic carbocycles. The maximum atomic E-state index is 11.9. The Bertz CT molecular complexity index is 646. The number of benzene rings is 1. The number of anilines is 1. The van der Waals surface area contributed by atoms with Gasteiger partial charge in [-0.15, -0.1) is 0 Å². The average molecular weight is 260 g/mol. The molecule has 0 saturated carbocycles. The molecule has 1 aromatic heterocycles. The van der Waals surface area contributed by atoms with E-state index in [4.69, 9.17) is 4.42 Å². The third-order valence-corrected chi connectivity index (χ3v) is 2.64. The number of nitro benzene ring substituents is 1. The zero-order valence-corrected chi connectivity index (χ0v) is 10.5. The zero-order chi connectivity index (χ0) is 14.0. The van der Waals surface area contributed by atoms with Gasteiger partial charge < -0.3 is 9.73 Å². The Hall–Kier alpha value is -2.63. The summed E-state index contributed by atoms with van der Waals surface area (Å²) in [5, 5.41) is 13.3. The monoisotopic (exact) mass is 260 g/mol. The highest BCUT2D eigenvalue weighted by Crippen LogP contribution is 2.22. The molecule has 0 aliphatic carbocycles. The lowest BCUT2D eigenvalue weighted by Crippen LogP contribution is -2.12. The molecule has 1 heterocycles. The number of rotatable bonds is 3. The van der Waals surface area contributed by atoms with Gasteiger partial charge in [0.25, 0.3) is 11.6 Å². The average Bonchev–Trinajstić information content (AvgIpc) is 2.78. The number of hydrogen-bond acceptors (Lipinski definition) is 4. The van der Waals surface area contributed by atoms with Crippen LogP contribution < -0.4 is 5.32 Å². The minimum absolute atomic E-state index is 0.0727. The van der Waals surface area contributed by atoms with Crippen LogP contribution >= 0.6 is 0 Å². The molecule has 19 heavy (non-hydrogen) atoms. The molecule has 1 amide bonds. The van der Waals surface area contributed by atoms with Crippen LogP contribution in [0.2, 0.25) is 0 Å². The third kappa shape index (κ3) is 2.79. The van der Waals surface area contributed by atoms with Crippen molar-refractivity contribution in [1.82, 2.24) is 0 Å². The molecule has 0 atom stereocenters. The fourth-order valence-corrected chi connectivity index (χ4v) is 1.60. The van der Waals surface area contributed by atoms with Crippen molar-refractivity contribution in [2.45, 2.75) is 13.8 Å². The number of aryl methyl sites for hydroxylation is 2. The van der Waals surface area contributed by atoms with Crippen molar-refractivity contribution < 1.29 is 14.1 Å². The van der Waals surface area contributed by atoms with E-state index < -0.39 is 10.8 Å². The molecule has 6 heteroatoms. The van der Waals surface area contributed by atoms with Crippen molar-refractivity contribution in [2.24, 2.45) is 0 Å². The standard InChI is InChI=1S/C13H12N2O4/c1-8-3-5-10(15(17)18)7-11(8)14-13(16)12-6-4-9(2)19-12/h3-7H,1-2H3,(H,14,16). The molecule has 0 saturated heterocycles. The Balaban J connectivity index is 2.25. The van der Waals surface area contributed by atoms with Gasteiger partial charge in [-0.3, -0.25) is 14.9 Å². The molecular formula is C13H12N2O4. The highest BCUT2D eigenvalue weighted by Gasteiger charge is 2.14. The Labute approximate surface area is 109 Å². The van der Waals surface area contributed by atoms with Gasteiger partial charge in [0.1, 0.15) is 5.76 Å². The molecule has 0 bridgehead atoms. The summed E-state index contributed by atoms with van der Waals surface area (Å²) in [6, 6.07) is 7.53. The van der Waals surface area contributed by atoms with Crippen molar-refractivity contribution in [3.63, 3.8) is 0 Å². The van der Waals surface area contributed by atoms with E-state index in [2.05, 4.69) is 5.32 Å². The lowest BCUT2D eigenvalue weighted by Gasteiger charge is -2.06. The van der Waals surface area contributed by atoms with Crippen LogP contribution in [0.5, 0.6) is 0 Å². The van der Waals surface area contributed by atoms with E-state index in [1.54, 1.807) is 32.0 Å². The van der Waals surface area contributed by atoms with Crippen molar-refractivity contribution >= 4 is 17.3 Å². The number of hydrogen-bond donors (Lipinski definition) is 1. The van der Waals surface area contributed by atoms with E-state index in [1.807, 2.05) is 0 Å². The number of furan rings is 1. The Kier molecular flexibility index (Phi) is 3.33. The van der Waals surface area contributed by atoms with Gasteiger partial charge in [0.2, 0.25) is 0 Å². The van der Waals surface area contributed by atoms with Crippen LogP contribution in [0.4, 0.5) is 11.4 Å². The van der Waals surface area contributed by atoms with Crippen LogP contribution in [0, 0.1) is 24.0 Å². The predicted octanol–water partition coefficient (Wildman–Crippen LogP) is 3.06. The van der Waals surface area contributed by atoms with E-state index in [-0.39, 0.29) is 11.4 Å². The van der Waals surface area contributed by atoms with Gasteiger partial charge >= 0.3 is 0 Å². The van der Waals surface area contributed by atoms with Crippen LogP contribution in [0.25, 0.3) is 0 Å². The second-order valence-corrected chi connectivity index (χ2v) is 4.12. The number of carbonyl (C=O) groups is 1. The molecule has 1 N–H and O–H groups in total. The van der Waals surface area contributed by atoms with Gasteiger partial charge in [0.05, 0.1) is 10.6 Å². The van der Waals surface area contributed by atoms with Crippen LogP contribution in [0.1, 0.15) is 21.9 Å². The normalized spacial score (nSPS) is 10.2. The predicted molar refractivity (Wildman–Crippen MR) is 69.2 cm³/mol. The number of non-ortho nitro benzene ring substituents is 1. The van der Waals surface area contributed by atoms with E-state index >= 15 is 0 Å². The zero-order valence-electron chi connectivity index (χ0n) is 10.5. The van der Waals surface area contributed by atoms with Crippen LogP contribution in [-0.2, 0) is 0 Å². The summed E-state index contributed by atoms with van der Waals surface area (Å²) in [5.41, 5.74) is 1.06.